The average Bonchev–Trinajstić information content (AvgIpc) is 2.35. The van der Waals surface area contributed by atoms with E-state index in [1.807, 2.05) is 6.92 Å². The zero-order valence-corrected chi connectivity index (χ0v) is 10.2. The molecule has 0 aliphatic heterocycles. The van der Waals surface area contributed by atoms with Gasteiger partial charge in [0, 0.05) is 17.7 Å². The number of hydrogen-bond acceptors (Lipinski definition) is 3. The van der Waals surface area contributed by atoms with Crippen molar-refractivity contribution in [1.82, 2.24) is 0 Å². The Kier molecular flexibility index (Phi) is 3.33. The van der Waals surface area contributed by atoms with Crippen LogP contribution in [-0.4, -0.2) is 10.9 Å². The second-order valence-electron chi connectivity index (χ2n) is 4.29. The third-order valence-electron chi connectivity index (χ3n) is 2.98. The number of nitrogen functional groups attached to an aromatic ring is 1. The molecule has 0 bridgehead atoms. The van der Waals surface area contributed by atoms with E-state index in [9.17, 15) is 9.90 Å². The Morgan fingerprint density at radius 2 is 1.83 bits per heavy atom. The highest BCUT2D eigenvalue weighted by atomic mass is 16.3. The van der Waals surface area contributed by atoms with Gasteiger partial charge >= 0.3 is 0 Å². The summed E-state index contributed by atoms with van der Waals surface area (Å²) in [6.45, 7) is 1.85. The van der Waals surface area contributed by atoms with Crippen LogP contribution in [0.2, 0.25) is 0 Å². The zero-order chi connectivity index (χ0) is 13.1. The molecule has 0 atom stereocenters. The largest absolute Gasteiger partial charge is 0.508 e. The van der Waals surface area contributed by atoms with E-state index in [1.54, 1.807) is 42.5 Å². The number of nitrogens with two attached hydrogens (primary N) is 1. The van der Waals surface area contributed by atoms with Gasteiger partial charge in [0.05, 0.1) is 0 Å². The number of phenolic OH excluding ortho intramolecular Hbond substituents is 1. The lowest BCUT2D eigenvalue weighted by Crippen LogP contribution is -2.07. The molecule has 0 fully saturated rings. The number of carbonyl (C=O) groups is 1. The molecule has 2 aromatic rings. The first-order valence-corrected chi connectivity index (χ1v) is 5.74. The number of anilines is 1. The van der Waals surface area contributed by atoms with E-state index in [0.29, 0.717) is 17.7 Å². The van der Waals surface area contributed by atoms with Gasteiger partial charge < -0.3 is 10.8 Å². The first kappa shape index (κ1) is 12.2. The van der Waals surface area contributed by atoms with Gasteiger partial charge in [-0.1, -0.05) is 24.3 Å². The van der Waals surface area contributed by atoms with E-state index < -0.39 is 0 Å². The smallest absolute Gasteiger partial charge is 0.167 e. The number of ketones is 1. The molecule has 0 unspecified atom stereocenters. The molecule has 0 heterocycles. The van der Waals surface area contributed by atoms with Crippen LogP contribution < -0.4 is 5.73 Å². The third-order valence-corrected chi connectivity index (χ3v) is 2.98. The van der Waals surface area contributed by atoms with Crippen LogP contribution in [0.5, 0.6) is 5.75 Å². The maximum atomic E-state index is 12.2. The molecular formula is C15H15NO2. The average molecular weight is 241 g/mol. The normalized spacial score (nSPS) is 10.3. The first-order valence-electron chi connectivity index (χ1n) is 5.74. The molecule has 0 aliphatic carbocycles. The summed E-state index contributed by atoms with van der Waals surface area (Å²) in [5, 5.41) is 9.19. The van der Waals surface area contributed by atoms with Crippen LogP contribution in [0.4, 0.5) is 5.69 Å². The van der Waals surface area contributed by atoms with E-state index in [-0.39, 0.29) is 11.5 Å². The lowest BCUT2D eigenvalue weighted by atomic mass is 9.98. The Morgan fingerprint density at radius 3 is 2.50 bits per heavy atom. The highest BCUT2D eigenvalue weighted by Crippen LogP contribution is 2.18. The molecule has 18 heavy (non-hydrogen) atoms. The molecule has 0 aliphatic rings. The highest BCUT2D eigenvalue weighted by molar-refractivity contribution is 5.99. The minimum absolute atomic E-state index is 0.0329. The van der Waals surface area contributed by atoms with E-state index >= 15 is 0 Å². The van der Waals surface area contributed by atoms with Gasteiger partial charge in [-0.15, -0.1) is 0 Å². The Bertz CT molecular complexity index is 574. The van der Waals surface area contributed by atoms with Crippen molar-refractivity contribution in [2.24, 2.45) is 0 Å². The van der Waals surface area contributed by atoms with Gasteiger partial charge in [0.1, 0.15) is 5.75 Å². The fourth-order valence-corrected chi connectivity index (χ4v) is 1.85. The fraction of sp³-hybridized carbons (Fsp3) is 0.133. The third kappa shape index (κ3) is 2.51. The lowest BCUT2D eigenvalue weighted by molar-refractivity contribution is 0.0992. The number of hydrogen-bond donors (Lipinski definition) is 2. The number of phenols is 1. The van der Waals surface area contributed by atoms with Crippen molar-refractivity contribution >= 4 is 11.5 Å². The van der Waals surface area contributed by atoms with Crippen molar-refractivity contribution in [2.75, 3.05) is 5.73 Å². The number of Topliss-reactive ketones (excluding diaryl/α,β-unsaturated/α-hetero) is 1. The summed E-state index contributed by atoms with van der Waals surface area (Å²) in [6, 6.07) is 12.0. The number of rotatable bonds is 3. The van der Waals surface area contributed by atoms with Gasteiger partial charge in [0.25, 0.3) is 0 Å². The van der Waals surface area contributed by atoms with Crippen molar-refractivity contribution in [3.8, 4) is 5.75 Å². The molecule has 0 saturated carbocycles. The molecule has 0 radical (unpaired) electrons. The standard InChI is InChI=1S/C15H15NO2/c1-10-13(3-2-4-14(10)16)15(18)9-11-5-7-12(17)8-6-11/h2-8,17H,9,16H2,1H3. The van der Waals surface area contributed by atoms with Gasteiger partial charge in [0.2, 0.25) is 0 Å². The predicted molar refractivity (Wildman–Crippen MR) is 71.7 cm³/mol. The fourth-order valence-electron chi connectivity index (χ4n) is 1.85. The summed E-state index contributed by atoms with van der Waals surface area (Å²) in [6.07, 6.45) is 0.310. The molecule has 3 N–H and O–H groups in total. The maximum Gasteiger partial charge on any atom is 0.167 e. The molecule has 3 nitrogen and oxygen atoms in total. The lowest BCUT2D eigenvalue weighted by Gasteiger charge is -2.07. The summed E-state index contributed by atoms with van der Waals surface area (Å²) < 4.78 is 0. The van der Waals surface area contributed by atoms with Gasteiger partial charge in [-0.2, -0.15) is 0 Å². The molecule has 0 aromatic heterocycles. The van der Waals surface area contributed by atoms with Crippen LogP contribution in [0, 0.1) is 6.92 Å². The van der Waals surface area contributed by atoms with E-state index in [2.05, 4.69) is 0 Å². The first-order chi connectivity index (χ1) is 8.58. The van der Waals surface area contributed by atoms with Crippen molar-refractivity contribution in [1.29, 1.82) is 0 Å². The van der Waals surface area contributed by atoms with Gasteiger partial charge in [-0.05, 0) is 36.2 Å². The zero-order valence-electron chi connectivity index (χ0n) is 10.2. The quantitative estimate of drug-likeness (QED) is 0.641. The highest BCUT2D eigenvalue weighted by Gasteiger charge is 2.11. The van der Waals surface area contributed by atoms with Crippen LogP contribution in [0.3, 0.4) is 0 Å². The van der Waals surface area contributed by atoms with Crippen LogP contribution in [-0.2, 0) is 6.42 Å². The molecule has 0 amide bonds. The number of benzene rings is 2. The summed E-state index contributed by atoms with van der Waals surface area (Å²) in [7, 11) is 0. The Hall–Kier alpha value is -2.29. The van der Waals surface area contributed by atoms with Gasteiger partial charge in [-0.25, -0.2) is 0 Å². The van der Waals surface area contributed by atoms with Crippen LogP contribution >= 0.6 is 0 Å². The number of carbonyl (C=O) groups excluding carboxylic acids is 1. The Morgan fingerprint density at radius 1 is 1.17 bits per heavy atom. The summed E-state index contributed by atoms with van der Waals surface area (Å²) in [5.74, 6) is 0.233. The van der Waals surface area contributed by atoms with Crippen LogP contribution in [0.1, 0.15) is 21.5 Å². The van der Waals surface area contributed by atoms with Crippen molar-refractivity contribution in [3.63, 3.8) is 0 Å². The summed E-state index contributed by atoms with van der Waals surface area (Å²) in [4.78, 5) is 12.2. The van der Waals surface area contributed by atoms with E-state index in [0.717, 1.165) is 11.1 Å². The molecule has 0 saturated heterocycles. The van der Waals surface area contributed by atoms with Crippen molar-refractivity contribution in [2.45, 2.75) is 13.3 Å². The van der Waals surface area contributed by atoms with Gasteiger partial charge in [-0.3, -0.25) is 4.79 Å². The molecule has 2 aromatic carbocycles. The topological polar surface area (TPSA) is 63.3 Å². The predicted octanol–water partition coefficient (Wildman–Crippen LogP) is 2.71. The van der Waals surface area contributed by atoms with E-state index in [4.69, 9.17) is 5.73 Å². The monoisotopic (exact) mass is 241 g/mol. The minimum Gasteiger partial charge on any atom is -0.508 e. The Balaban J connectivity index is 2.22. The van der Waals surface area contributed by atoms with Crippen LogP contribution in [0.25, 0.3) is 0 Å². The molecule has 2 rings (SSSR count). The SMILES string of the molecule is Cc1c(N)cccc1C(=O)Cc1ccc(O)cc1. The summed E-state index contributed by atoms with van der Waals surface area (Å²) >= 11 is 0. The molecular weight excluding hydrogens is 226 g/mol. The molecule has 0 spiro atoms. The minimum atomic E-state index is 0.0329. The van der Waals surface area contributed by atoms with E-state index in [1.165, 1.54) is 0 Å². The molecule has 3 heteroatoms. The number of aromatic hydroxyl groups is 1. The second-order valence-corrected chi connectivity index (χ2v) is 4.29. The van der Waals surface area contributed by atoms with Gasteiger partial charge in [0.15, 0.2) is 5.78 Å². The molecule has 92 valence electrons. The van der Waals surface area contributed by atoms with Crippen molar-refractivity contribution < 1.29 is 9.90 Å². The van der Waals surface area contributed by atoms with Crippen LogP contribution in [0.15, 0.2) is 42.5 Å². The summed E-state index contributed by atoms with van der Waals surface area (Å²) in [5.41, 5.74) is 8.77. The second kappa shape index (κ2) is 4.92. The maximum absolute atomic E-state index is 12.2. The van der Waals surface area contributed by atoms with Crippen molar-refractivity contribution in [3.05, 3.63) is 59.2 Å². The Labute approximate surface area is 106 Å².